The van der Waals surface area contributed by atoms with E-state index >= 15 is 0 Å². The van der Waals surface area contributed by atoms with E-state index in [9.17, 15) is 22.8 Å². The van der Waals surface area contributed by atoms with Crippen LogP contribution in [0.5, 0.6) is 0 Å². The summed E-state index contributed by atoms with van der Waals surface area (Å²) in [5, 5.41) is 5.03. The van der Waals surface area contributed by atoms with E-state index in [1.807, 2.05) is 0 Å². The van der Waals surface area contributed by atoms with E-state index in [-0.39, 0.29) is 23.6 Å². The van der Waals surface area contributed by atoms with Crippen molar-refractivity contribution in [1.29, 1.82) is 0 Å². The number of para-hydroxylation sites is 1. The van der Waals surface area contributed by atoms with Gasteiger partial charge in [-0.2, -0.15) is 13.2 Å². The molecule has 1 heterocycles. The molecule has 1 aromatic heterocycles. The third-order valence-corrected chi connectivity index (χ3v) is 4.55. The van der Waals surface area contributed by atoms with Crippen molar-refractivity contribution in [3.63, 3.8) is 0 Å². The second-order valence-electron chi connectivity index (χ2n) is 5.95. The van der Waals surface area contributed by atoms with E-state index in [1.54, 1.807) is 24.3 Å². The maximum Gasteiger partial charge on any atom is 0.416 e. The number of carbonyl (C=O) groups is 2. The summed E-state index contributed by atoms with van der Waals surface area (Å²) in [5.74, 6) is -1.12. The molecule has 0 atom stereocenters. The number of carbonyl (C=O) groups excluding carboxylic acids is 2. The molecule has 150 valence electrons. The molecule has 0 bridgehead atoms. The quantitative estimate of drug-likeness (QED) is 0.549. The minimum atomic E-state index is -4.48. The summed E-state index contributed by atoms with van der Waals surface area (Å²) in [6.07, 6.45) is -4.48. The Hall–Kier alpha value is -3.07. The van der Waals surface area contributed by atoms with Crippen molar-refractivity contribution in [2.45, 2.75) is 6.18 Å². The molecule has 0 aliphatic heterocycles. The molecule has 9 heteroatoms. The molecule has 0 aliphatic rings. The monoisotopic (exact) mass is 466 g/mol. The first kappa shape index (κ1) is 20.7. The summed E-state index contributed by atoms with van der Waals surface area (Å²) in [6.45, 7) is -0.306. The van der Waals surface area contributed by atoms with Crippen LogP contribution in [0.15, 0.2) is 69.6 Å². The fourth-order valence-electron chi connectivity index (χ4n) is 2.47. The molecule has 0 aliphatic carbocycles. The standard InChI is InChI=1S/C20H14BrF3N2O3/c21-14-6-1-2-7-15(14)26-18(27)11-25-19(28)17-9-8-16(29-17)12-4-3-5-13(10-12)20(22,23)24/h1-10H,11H2,(H,25,28)(H,26,27). The fraction of sp³-hybridized carbons (Fsp3) is 0.100. The Morgan fingerprint density at radius 2 is 1.76 bits per heavy atom. The minimum absolute atomic E-state index is 0.110. The van der Waals surface area contributed by atoms with E-state index in [0.717, 1.165) is 12.1 Å². The van der Waals surface area contributed by atoms with Gasteiger partial charge in [0.1, 0.15) is 5.76 Å². The summed E-state index contributed by atoms with van der Waals surface area (Å²) < 4.78 is 44.6. The van der Waals surface area contributed by atoms with Gasteiger partial charge < -0.3 is 15.1 Å². The van der Waals surface area contributed by atoms with Crippen LogP contribution in [-0.2, 0) is 11.0 Å². The SMILES string of the molecule is O=C(CNC(=O)c1ccc(-c2cccc(C(F)(F)F)c2)o1)Nc1ccccc1Br. The van der Waals surface area contributed by atoms with Crippen LogP contribution in [0.1, 0.15) is 16.1 Å². The average Bonchev–Trinajstić information content (AvgIpc) is 3.18. The largest absolute Gasteiger partial charge is 0.451 e. The van der Waals surface area contributed by atoms with Crippen LogP contribution in [0.2, 0.25) is 0 Å². The van der Waals surface area contributed by atoms with Crippen molar-refractivity contribution in [3.8, 4) is 11.3 Å². The molecule has 3 rings (SSSR count). The summed E-state index contributed by atoms with van der Waals surface area (Å²) in [7, 11) is 0. The Bertz CT molecular complexity index is 1050. The Labute approximate surface area is 172 Å². The van der Waals surface area contributed by atoms with Gasteiger partial charge >= 0.3 is 6.18 Å². The van der Waals surface area contributed by atoms with E-state index in [2.05, 4.69) is 26.6 Å². The molecule has 29 heavy (non-hydrogen) atoms. The second kappa shape index (κ2) is 8.52. The number of hydrogen-bond acceptors (Lipinski definition) is 3. The van der Waals surface area contributed by atoms with Gasteiger partial charge in [0.2, 0.25) is 5.91 Å². The molecule has 2 N–H and O–H groups in total. The van der Waals surface area contributed by atoms with Gasteiger partial charge in [0, 0.05) is 10.0 Å². The van der Waals surface area contributed by atoms with Gasteiger partial charge in [-0.15, -0.1) is 0 Å². The molecule has 0 fully saturated rings. The maximum atomic E-state index is 12.8. The van der Waals surface area contributed by atoms with Gasteiger partial charge in [0.25, 0.3) is 5.91 Å². The second-order valence-corrected chi connectivity index (χ2v) is 6.81. The smallest absolute Gasteiger partial charge is 0.416 e. The van der Waals surface area contributed by atoms with Crippen LogP contribution in [-0.4, -0.2) is 18.4 Å². The maximum absolute atomic E-state index is 12.8. The molecule has 0 spiro atoms. The highest BCUT2D eigenvalue weighted by molar-refractivity contribution is 9.10. The van der Waals surface area contributed by atoms with Crippen molar-refractivity contribution < 1.29 is 27.2 Å². The lowest BCUT2D eigenvalue weighted by molar-refractivity contribution is -0.137. The first-order valence-corrected chi connectivity index (χ1v) is 9.13. The van der Waals surface area contributed by atoms with Crippen LogP contribution >= 0.6 is 15.9 Å². The lowest BCUT2D eigenvalue weighted by atomic mass is 10.1. The predicted octanol–water partition coefficient (Wildman–Crippen LogP) is 5.10. The zero-order chi connectivity index (χ0) is 21.0. The number of anilines is 1. The van der Waals surface area contributed by atoms with Gasteiger partial charge in [-0.3, -0.25) is 9.59 Å². The number of alkyl halides is 3. The number of amides is 2. The fourth-order valence-corrected chi connectivity index (χ4v) is 2.85. The van der Waals surface area contributed by atoms with Crippen molar-refractivity contribution in [3.05, 3.63) is 76.5 Å². The Morgan fingerprint density at radius 1 is 1.00 bits per heavy atom. The molecular formula is C20H14BrF3N2O3. The van der Waals surface area contributed by atoms with Crippen molar-refractivity contribution in [2.75, 3.05) is 11.9 Å². The summed E-state index contributed by atoms with van der Waals surface area (Å²) in [6, 6.07) is 14.3. The van der Waals surface area contributed by atoms with Gasteiger partial charge in [-0.05, 0) is 52.3 Å². The van der Waals surface area contributed by atoms with Gasteiger partial charge in [0.15, 0.2) is 5.76 Å². The molecule has 3 aromatic rings. The number of furan rings is 1. The number of nitrogens with one attached hydrogen (secondary N) is 2. The average molecular weight is 467 g/mol. The summed E-state index contributed by atoms with van der Waals surface area (Å²) >= 11 is 3.30. The minimum Gasteiger partial charge on any atom is -0.451 e. The lowest BCUT2D eigenvalue weighted by Gasteiger charge is -2.08. The van der Waals surface area contributed by atoms with Gasteiger partial charge in [0.05, 0.1) is 17.8 Å². The Balaban J connectivity index is 1.62. The van der Waals surface area contributed by atoms with Crippen LogP contribution in [0.3, 0.4) is 0 Å². The first-order chi connectivity index (χ1) is 13.7. The predicted molar refractivity (Wildman–Crippen MR) is 104 cm³/mol. The van der Waals surface area contributed by atoms with Crippen molar-refractivity contribution >= 4 is 33.4 Å². The Morgan fingerprint density at radius 3 is 2.48 bits per heavy atom. The molecule has 0 saturated heterocycles. The first-order valence-electron chi connectivity index (χ1n) is 8.34. The van der Waals surface area contributed by atoms with Crippen LogP contribution < -0.4 is 10.6 Å². The van der Waals surface area contributed by atoms with Crippen molar-refractivity contribution in [1.82, 2.24) is 5.32 Å². The topological polar surface area (TPSA) is 71.3 Å². The normalized spacial score (nSPS) is 11.2. The molecule has 0 unspecified atom stereocenters. The lowest BCUT2D eigenvalue weighted by Crippen LogP contribution is -2.32. The van der Waals surface area contributed by atoms with Gasteiger partial charge in [-0.1, -0.05) is 24.3 Å². The van der Waals surface area contributed by atoms with E-state index in [4.69, 9.17) is 4.42 Å². The van der Waals surface area contributed by atoms with Crippen LogP contribution in [0.25, 0.3) is 11.3 Å². The third-order valence-electron chi connectivity index (χ3n) is 3.86. The molecule has 5 nitrogen and oxygen atoms in total. The van der Waals surface area contributed by atoms with Gasteiger partial charge in [-0.25, -0.2) is 0 Å². The highest BCUT2D eigenvalue weighted by Crippen LogP contribution is 2.32. The van der Waals surface area contributed by atoms with Crippen molar-refractivity contribution in [2.24, 2.45) is 0 Å². The highest BCUT2D eigenvalue weighted by Gasteiger charge is 2.30. The molecule has 2 amide bonds. The summed E-state index contributed by atoms with van der Waals surface area (Å²) in [5.41, 5.74) is -0.0803. The number of hydrogen-bond donors (Lipinski definition) is 2. The molecule has 0 saturated carbocycles. The zero-order valence-corrected chi connectivity index (χ0v) is 16.3. The van der Waals surface area contributed by atoms with E-state index < -0.39 is 23.6 Å². The number of halogens is 4. The third kappa shape index (κ3) is 5.26. The highest BCUT2D eigenvalue weighted by atomic mass is 79.9. The molecule has 2 aromatic carbocycles. The number of benzene rings is 2. The zero-order valence-electron chi connectivity index (χ0n) is 14.7. The van der Waals surface area contributed by atoms with Crippen LogP contribution in [0.4, 0.5) is 18.9 Å². The summed E-state index contributed by atoms with van der Waals surface area (Å²) in [4.78, 5) is 24.1. The van der Waals surface area contributed by atoms with E-state index in [1.165, 1.54) is 24.3 Å². The Kier molecular flexibility index (Phi) is 6.07. The molecular weight excluding hydrogens is 453 g/mol. The van der Waals surface area contributed by atoms with Crippen LogP contribution in [0, 0.1) is 0 Å². The molecule has 0 radical (unpaired) electrons. The number of rotatable bonds is 5. The van der Waals surface area contributed by atoms with E-state index in [0.29, 0.717) is 10.2 Å².